The average molecular weight is 551 g/mol. The first-order valence-corrected chi connectivity index (χ1v) is 13.0. The molecule has 0 spiro atoms. The Bertz CT molecular complexity index is 1520. The summed E-state index contributed by atoms with van der Waals surface area (Å²) in [5.41, 5.74) is 4.51. The summed E-state index contributed by atoms with van der Waals surface area (Å²) in [5, 5.41) is 15.1. The van der Waals surface area contributed by atoms with E-state index in [0.29, 0.717) is 49.0 Å². The van der Waals surface area contributed by atoms with Crippen molar-refractivity contribution in [3.63, 3.8) is 0 Å². The molecule has 2 amide bonds. The Balaban J connectivity index is 1.43. The number of nitrogens with one attached hydrogen (secondary N) is 2. The van der Waals surface area contributed by atoms with E-state index in [1.165, 1.54) is 6.07 Å². The van der Waals surface area contributed by atoms with E-state index >= 15 is 0 Å². The molecule has 0 bridgehead atoms. The molecule has 2 N–H and O–H groups in total. The maximum absolute atomic E-state index is 14.1. The number of benzene rings is 1. The SMILES string of the molecule is COCCN1C[C@@H](NC(=O)Nc2c(C)c(-c3cnn(C)c3)nn2-c2cncc(C)c2)[C@H](c2ccc(F)c(F)c2)C1. The van der Waals surface area contributed by atoms with Crippen molar-refractivity contribution in [2.45, 2.75) is 25.8 Å². The number of ether oxygens (including phenoxy) is 1. The number of aryl methyl sites for hydroxylation is 2. The minimum absolute atomic E-state index is 0.240. The first kappa shape index (κ1) is 27.4. The van der Waals surface area contributed by atoms with Gasteiger partial charge in [-0.1, -0.05) is 6.07 Å². The number of aromatic nitrogens is 5. The van der Waals surface area contributed by atoms with Crippen molar-refractivity contribution in [2.75, 3.05) is 38.7 Å². The number of rotatable bonds is 8. The lowest BCUT2D eigenvalue weighted by Gasteiger charge is -2.21. The second-order valence-corrected chi connectivity index (χ2v) is 10.1. The van der Waals surface area contributed by atoms with Gasteiger partial charge in [-0.25, -0.2) is 18.3 Å². The Morgan fingerprint density at radius 3 is 2.65 bits per heavy atom. The second kappa shape index (κ2) is 11.5. The molecular weight excluding hydrogens is 518 g/mol. The molecule has 0 unspecified atom stereocenters. The molecule has 210 valence electrons. The summed E-state index contributed by atoms with van der Waals surface area (Å²) in [6, 6.07) is 5.04. The number of amides is 2. The summed E-state index contributed by atoms with van der Waals surface area (Å²) in [7, 11) is 3.45. The van der Waals surface area contributed by atoms with Crippen molar-refractivity contribution in [3.8, 4) is 16.9 Å². The first-order valence-electron chi connectivity index (χ1n) is 13.0. The zero-order valence-electron chi connectivity index (χ0n) is 22.9. The molecule has 3 aromatic heterocycles. The minimum atomic E-state index is -0.912. The Morgan fingerprint density at radius 1 is 1.12 bits per heavy atom. The largest absolute Gasteiger partial charge is 0.383 e. The van der Waals surface area contributed by atoms with Crippen LogP contribution in [0, 0.1) is 25.5 Å². The van der Waals surface area contributed by atoms with E-state index in [4.69, 9.17) is 9.84 Å². The van der Waals surface area contributed by atoms with Gasteiger partial charge in [0.2, 0.25) is 0 Å². The maximum atomic E-state index is 14.1. The van der Waals surface area contributed by atoms with Crippen LogP contribution in [0.25, 0.3) is 16.9 Å². The molecule has 10 nitrogen and oxygen atoms in total. The minimum Gasteiger partial charge on any atom is -0.383 e. The first-order chi connectivity index (χ1) is 19.2. The third kappa shape index (κ3) is 5.73. The van der Waals surface area contributed by atoms with Crippen LogP contribution in [-0.4, -0.2) is 74.9 Å². The van der Waals surface area contributed by atoms with Gasteiger partial charge in [-0.05, 0) is 43.2 Å². The number of halogens is 2. The number of pyridine rings is 1. The van der Waals surface area contributed by atoms with Gasteiger partial charge in [0, 0.05) is 63.2 Å². The average Bonchev–Trinajstić information content (AvgIpc) is 3.62. The van der Waals surface area contributed by atoms with Crippen LogP contribution >= 0.6 is 0 Å². The number of urea groups is 1. The van der Waals surface area contributed by atoms with Crippen molar-refractivity contribution in [1.82, 2.24) is 34.8 Å². The molecule has 5 rings (SSSR count). The Hall–Kier alpha value is -4.16. The van der Waals surface area contributed by atoms with Crippen molar-refractivity contribution in [2.24, 2.45) is 7.05 Å². The number of methoxy groups -OCH3 is 1. The lowest BCUT2D eigenvalue weighted by atomic mass is 9.94. The normalized spacial score (nSPS) is 17.4. The molecule has 4 heterocycles. The fourth-order valence-electron chi connectivity index (χ4n) is 5.13. The van der Waals surface area contributed by atoms with Gasteiger partial charge in [-0.15, -0.1) is 0 Å². The molecule has 1 aliphatic rings. The number of likely N-dealkylation sites (tertiary alicyclic amines) is 1. The maximum Gasteiger partial charge on any atom is 0.320 e. The highest BCUT2D eigenvalue weighted by molar-refractivity contribution is 5.91. The van der Waals surface area contributed by atoms with Crippen molar-refractivity contribution < 1.29 is 18.3 Å². The third-order valence-corrected chi connectivity index (χ3v) is 7.13. The zero-order chi connectivity index (χ0) is 28.4. The standard InChI is InChI=1S/C28H32F2N8O2/c1-17-9-21(13-31-11-17)38-27(18(2)26(35-38)20-12-32-36(3)14-20)34-28(39)33-25-16-37(7-8-40-4)15-22(25)19-5-6-23(29)24(30)10-19/h5-6,9-14,22,25H,7-8,15-16H2,1-4H3,(H2,33,34,39)/t22-,25+/m0/s1. The quantitative estimate of drug-likeness (QED) is 0.346. The highest BCUT2D eigenvalue weighted by Gasteiger charge is 2.35. The van der Waals surface area contributed by atoms with Crippen molar-refractivity contribution in [3.05, 3.63) is 77.4 Å². The molecule has 1 aliphatic heterocycles. The van der Waals surface area contributed by atoms with Crippen LogP contribution in [0.1, 0.15) is 22.6 Å². The Kier molecular flexibility index (Phi) is 7.90. The van der Waals surface area contributed by atoms with Gasteiger partial charge in [0.25, 0.3) is 0 Å². The predicted octanol–water partition coefficient (Wildman–Crippen LogP) is 3.80. The van der Waals surface area contributed by atoms with E-state index in [1.54, 1.807) is 41.1 Å². The van der Waals surface area contributed by atoms with Crippen LogP contribution in [0.4, 0.5) is 19.4 Å². The molecule has 0 saturated carbocycles. The van der Waals surface area contributed by atoms with Crippen molar-refractivity contribution >= 4 is 11.8 Å². The monoisotopic (exact) mass is 550 g/mol. The van der Waals surface area contributed by atoms with E-state index in [0.717, 1.165) is 22.8 Å². The van der Waals surface area contributed by atoms with Gasteiger partial charge in [0.15, 0.2) is 11.6 Å². The van der Waals surface area contributed by atoms with Gasteiger partial charge >= 0.3 is 6.03 Å². The van der Waals surface area contributed by atoms with Crippen LogP contribution in [0.2, 0.25) is 0 Å². The second-order valence-electron chi connectivity index (χ2n) is 10.1. The van der Waals surface area contributed by atoms with Crippen molar-refractivity contribution in [1.29, 1.82) is 0 Å². The van der Waals surface area contributed by atoms with E-state index in [1.807, 2.05) is 33.2 Å². The lowest BCUT2D eigenvalue weighted by molar-refractivity contribution is 0.159. The Morgan fingerprint density at radius 2 is 1.95 bits per heavy atom. The highest BCUT2D eigenvalue weighted by Crippen LogP contribution is 2.31. The summed E-state index contributed by atoms with van der Waals surface area (Å²) >= 11 is 0. The predicted molar refractivity (Wildman–Crippen MR) is 146 cm³/mol. The van der Waals surface area contributed by atoms with Crippen LogP contribution in [0.5, 0.6) is 0 Å². The number of carbonyl (C=O) groups is 1. The van der Waals surface area contributed by atoms with Gasteiger partial charge < -0.3 is 10.1 Å². The Labute approximate surface area is 231 Å². The van der Waals surface area contributed by atoms with E-state index in [-0.39, 0.29) is 12.0 Å². The number of nitrogens with zero attached hydrogens (tertiary/aromatic N) is 6. The molecule has 0 radical (unpaired) electrons. The summed E-state index contributed by atoms with van der Waals surface area (Å²) in [5.74, 6) is -1.57. The van der Waals surface area contributed by atoms with Gasteiger partial charge in [0.05, 0.1) is 30.7 Å². The zero-order valence-corrected chi connectivity index (χ0v) is 22.9. The van der Waals surface area contributed by atoms with E-state index in [9.17, 15) is 13.6 Å². The van der Waals surface area contributed by atoms with Crippen LogP contribution < -0.4 is 10.6 Å². The molecule has 40 heavy (non-hydrogen) atoms. The number of hydrogen-bond acceptors (Lipinski definition) is 6. The molecule has 4 aromatic rings. The van der Waals surface area contributed by atoms with Gasteiger partial charge in [-0.3, -0.25) is 19.9 Å². The summed E-state index contributed by atoms with van der Waals surface area (Å²) in [4.78, 5) is 19.9. The van der Waals surface area contributed by atoms with Crippen LogP contribution in [0.3, 0.4) is 0 Å². The molecule has 1 saturated heterocycles. The topological polar surface area (TPSA) is 102 Å². The highest BCUT2D eigenvalue weighted by atomic mass is 19.2. The molecule has 1 aromatic carbocycles. The number of anilines is 1. The van der Waals surface area contributed by atoms with Gasteiger partial charge in [0.1, 0.15) is 11.5 Å². The third-order valence-electron chi connectivity index (χ3n) is 7.13. The summed E-state index contributed by atoms with van der Waals surface area (Å²) in [6.07, 6.45) is 7.00. The van der Waals surface area contributed by atoms with E-state index < -0.39 is 17.7 Å². The molecule has 12 heteroatoms. The fourth-order valence-corrected chi connectivity index (χ4v) is 5.13. The van der Waals surface area contributed by atoms with E-state index in [2.05, 4.69) is 25.6 Å². The molecule has 2 atom stereocenters. The fraction of sp³-hybridized carbons (Fsp3) is 0.357. The van der Waals surface area contributed by atoms with Gasteiger partial charge in [-0.2, -0.15) is 10.2 Å². The lowest BCUT2D eigenvalue weighted by Crippen LogP contribution is -2.42. The number of hydrogen-bond donors (Lipinski definition) is 2. The molecule has 1 fully saturated rings. The number of carbonyl (C=O) groups excluding carboxylic acids is 1. The molecule has 0 aliphatic carbocycles. The van der Waals surface area contributed by atoms with Crippen LogP contribution in [-0.2, 0) is 11.8 Å². The molecular formula is C28H32F2N8O2. The smallest absolute Gasteiger partial charge is 0.320 e. The summed E-state index contributed by atoms with van der Waals surface area (Å²) < 4.78 is 36.3. The van der Waals surface area contributed by atoms with Crippen LogP contribution in [0.15, 0.2) is 49.1 Å². The summed E-state index contributed by atoms with van der Waals surface area (Å²) in [6.45, 7) is 6.08.